The van der Waals surface area contributed by atoms with Crippen LogP contribution < -0.4 is 10.4 Å². The van der Waals surface area contributed by atoms with E-state index in [2.05, 4.69) is 191 Å². The van der Waals surface area contributed by atoms with Crippen LogP contribution in [0.15, 0.2) is 218 Å². The van der Waals surface area contributed by atoms with Gasteiger partial charge in [-0.2, -0.15) is 0 Å². The normalized spacial score (nSPS) is 12.6. The SMILES string of the molecule is CC(C)(C)[Si](C)(c1ccc2c(c1)c1ccc3c4ccc(F)cc4n(-c4ccccc4)c3c1n2-c1ccccc1)c1ccc2c(c1)c1ccc3c4ccc(F)cc4n(-c4ccccc4)c3c1n2-c1ccccc1. The summed E-state index contributed by atoms with van der Waals surface area (Å²) in [6.07, 6.45) is 0. The number of benzene rings is 10. The predicted molar refractivity (Wildman–Crippen MR) is 301 cm³/mol. The van der Waals surface area contributed by atoms with Crippen molar-refractivity contribution in [1.82, 2.24) is 18.3 Å². The summed E-state index contributed by atoms with van der Waals surface area (Å²) in [5.41, 5.74) is 12.3. The van der Waals surface area contributed by atoms with E-state index in [1.54, 1.807) is 24.3 Å². The molecule has 0 saturated carbocycles. The van der Waals surface area contributed by atoms with Gasteiger partial charge >= 0.3 is 0 Å². The van der Waals surface area contributed by atoms with Gasteiger partial charge < -0.3 is 18.3 Å². The summed E-state index contributed by atoms with van der Waals surface area (Å²) >= 11 is 0. The molecule has 4 aromatic heterocycles. The van der Waals surface area contributed by atoms with Gasteiger partial charge in [0.05, 0.1) is 44.1 Å². The average Bonchev–Trinajstić information content (AvgIpc) is 4.13. The highest BCUT2D eigenvalue weighted by Gasteiger charge is 2.44. The number of hydrogen-bond acceptors (Lipinski definition) is 0. The van der Waals surface area contributed by atoms with Crippen molar-refractivity contribution in [2.75, 3.05) is 0 Å². The molecule has 4 heterocycles. The Morgan fingerprint density at radius 1 is 0.306 bits per heavy atom. The van der Waals surface area contributed by atoms with Gasteiger partial charge in [0.1, 0.15) is 19.7 Å². The van der Waals surface area contributed by atoms with Gasteiger partial charge in [-0.1, -0.05) is 159 Å². The van der Waals surface area contributed by atoms with Crippen LogP contribution in [-0.4, -0.2) is 26.3 Å². The molecular formula is C65H48F2N4Si. The van der Waals surface area contributed by atoms with Crippen LogP contribution in [0.4, 0.5) is 8.78 Å². The number of aromatic nitrogens is 4. The molecule has 0 unspecified atom stereocenters. The molecular weight excluding hydrogens is 903 g/mol. The molecule has 7 heteroatoms. The van der Waals surface area contributed by atoms with E-state index in [-0.39, 0.29) is 16.7 Å². The van der Waals surface area contributed by atoms with E-state index in [0.717, 1.165) is 99.2 Å². The van der Waals surface area contributed by atoms with Crippen LogP contribution in [-0.2, 0) is 0 Å². The van der Waals surface area contributed by atoms with E-state index in [1.165, 1.54) is 21.1 Å². The van der Waals surface area contributed by atoms with Gasteiger partial charge in [-0.3, -0.25) is 0 Å². The third-order valence-corrected chi connectivity index (χ3v) is 21.9. The topological polar surface area (TPSA) is 19.7 Å². The Labute approximate surface area is 415 Å². The zero-order chi connectivity index (χ0) is 48.6. The van der Waals surface area contributed by atoms with Crippen LogP contribution in [0, 0.1) is 11.6 Å². The van der Waals surface area contributed by atoms with Crippen molar-refractivity contribution < 1.29 is 8.78 Å². The molecule has 0 N–H and O–H groups in total. The van der Waals surface area contributed by atoms with Crippen molar-refractivity contribution >= 4 is 106 Å². The quantitative estimate of drug-likeness (QED) is 0.148. The number of rotatable bonds is 6. The minimum absolute atomic E-state index is 0.113. The molecule has 0 fully saturated rings. The van der Waals surface area contributed by atoms with Gasteiger partial charge in [0, 0.05) is 65.8 Å². The smallest absolute Gasteiger partial charge is 0.125 e. The number of nitrogens with zero attached hydrogens (tertiary/aromatic N) is 4. The molecule has 0 aliphatic heterocycles. The molecule has 14 aromatic rings. The summed E-state index contributed by atoms with van der Waals surface area (Å²) in [5, 5.41) is 11.4. The van der Waals surface area contributed by atoms with Gasteiger partial charge in [0.25, 0.3) is 0 Å². The number of fused-ring (bicyclic) bond motifs is 14. The average molecular weight is 951 g/mol. The van der Waals surface area contributed by atoms with Crippen molar-refractivity contribution in [2.45, 2.75) is 32.4 Å². The predicted octanol–water partition coefficient (Wildman–Crippen LogP) is 16.3. The Kier molecular flexibility index (Phi) is 9.11. The lowest BCUT2D eigenvalue weighted by molar-refractivity contribution is 0.629. The fourth-order valence-electron chi connectivity index (χ4n) is 12.2. The van der Waals surface area contributed by atoms with Gasteiger partial charge in [0.2, 0.25) is 0 Å². The van der Waals surface area contributed by atoms with E-state index in [0.29, 0.717) is 0 Å². The zero-order valence-corrected chi connectivity index (χ0v) is 41.3. The highest BCUT2D eigenvalue weighted by Crippen LogP contribution is 2.45. The Morgan fingerprint density at radius 2 is 0.597 bits per heavy atom. The van der Waals surface area contributed by atoms with Gasteiger partial charge in [0.15, 0.2) is 0 Å². The van der Waals surface area contributed by atoms with E-state index >= 15 is 8.78 Å². The number of hydrogen-bond donors (Lipinski definition) is 0. The molecule has 0 spiro atoms. The lowest BCUT2D eigenvalue weighted by Crippen LogP contribution is -2.61. The van der Waals surface area contributed by atoms with Gasteiger partial charge in [-0.25, -0.2) is 8.78 Å². The van der Waals surface area contributed by atoms with Crippen LogP contribution >= 0.6 is 0 Å². The van der Waals surface area contributed by atoms with Crippen LogP contribution in [0.1, 0.15) is 20.8 Å². The van der Waals surface area contributed by atoms with Crippen molar-refractivity contribution in [3.8, 4) is 22.7 Å². The van der Waals surface area contributed by atoms with E-state index < -0.39 is 8.07 Å². The maximum absolute atomic E-state index is 15.3. The summed E-state index contributed by atoms with van der Waals surface area (Å²) in [4.78, 5) is 0. The summed E-state index contributed by atoms with van der Waals surface area (Å²) in [7, 11) is -2.66. The van der Waals surface area contributed by atoms with E-state index in [9.17, 15) is 0 Å². The van der Waals surface area contributed by atoms with Crippen LogP contribution in [0.25, 0.3) is 110 Å². The second-order valence-corrected chi connectivity index (χ2v) is 25.5. The fraction of sp³-hybridized carbons (Fsp3) is 0.0769. The molecule has 72 heavy (non-hydrogen) atoms. The Bertz CT molecular complexity index is 4220. The van der Waals surface area contributed by atoms with Crippen molar-refractivity contribution in [3.05, 3.63) is 230 Å². The number of para-hydroxylation sites is 4. The summed E-state index contributed by atoms with van der Waals surface area (Å²) in [5.74, 6) is -0.525. The third kappa shape index (κ3) is 5.95. The number of halogens is 2. The second kappa shape index (κ2) is 15.5. The summed E-state index contributed by atoms with van der Waals surface area (Å²) < 4.78 is 39.9. The molecule has 14 rings (SSSR count). The molecule has 10 aromatic carbocycles. The van der Waals surface area contributed by atoms with Crippen LogP contribution in [0.5, 0.6) is 0 Å². The second-order valence-electron chi connectivity index (χ2n) is 20.6. The largest absolute Gasteiger partial charge is 0.307 e. The molecule has 0 amide bonds. The Hall–Kier alpha value is -8.52. The molecule has 0 aliphatic carbocycles. The highest BCUT2D eigenvalue weighted by atomic mass is 28.3. The maximum Gasteiger partial charge on any atom is 0.125 e. The molecule has 0 bridgehead atoms. The Morgan fingerprint density at radius 3 is 0.917 bits per heavy atom. The van der Waals surface area contributed by atoms with E-state index in [1.807, 2.05) is 48.5 Å². The standard InChI is InChI=1S/C65H48F2N4Si/c1-65(2,3)72(4,47-27-35-57-55(39-47)53-33-31-51-49-29-25-41(66)37-59(49)70(45-21-13-7-14-22-45)61(51)63(53)68(57)43-17-9-5-10-18-43)48-28-36-58-56(40-48)54-34-32-52-50-30-26-42(67)38-60(50)71(46-23-15-8-16-24-46)62(52)64(54)69(58)44-19-11-6-12-20-44/h5-40H,1-4H3. The first-order valence-electron chi connectivity index (χ1n) is 24.7. The summed E-state index contributed by atoms with van der Waals surface area (Å²) in [6.45, 7) is 9.78. The van der Waals surface area contributed by atoms with Crippen LogP contribution in [0.3, 0.4) is 0 Å². The lowest BCUT2D eigenvalue weighted by atomic mass is 10.1. The van der Waals surface area contributed by atoms with E-state index in [4.69, 9.17) is 0 Å². The minimum atomic E-state index is -2.66. The first-order chi connectivity index (χ1) is 35.1. The molecule has 0 radical (unpaired) electrons. The third-order valence-electron chi connectivity index (χ3n) is 15.9. The van der Waals surface area contributed by atoms with Gasteiger partial charge in [-0.15, -0.1) is 0 Å². The molecule has 346 valence electrons. The Balaban J connectivity index is 1.06. The molecule has 0 atom stereocenters. The zero-order valence-electron chi connectivity index (χ0n) is 40.3. The first kappa shape index (κ1) is 42.4. The van der Waals surface area contributed by atoms with Gasteiger partial charge in [-0.05, 0) is 102 Å². The lowest BCUT2D eigenvalue weighted by Gasteiger charge is -2.41. The first-order valence-corrected chi connectivity index (χ1v) is 27.2. The van der Waals surface area contributed by atoms with Crippen molar-refractivity contribution in [2.24, 2.45) is 0 Å². The van der Waals surface area contributed by atoms with Crippen LogP contribution in [0.2, 0.25) is 11.6 Å². The molecule has 0 aliphatic rings. The highest BCUT2D eigenvalue weighted by molar-refractivity contribution is 7.03. The van der Waals surface area contributed by atoms with Crippen molar-refractivity contribution in [3.63, 3.8) is 0 Å². The minimum Gasteiger partial charge on any atom is -0.307 e. The summed E-state index contributed by atoms with van der Waals surface area (Å²) in [6, 6.07) is 75.8. The fourth-order valence-corrected chi connectivity index (χ4v) is 15.9. The maximum atomic E-state index is 15.3. The monoisotopic (exact) mass is 950 g/mol. The molecule has 4 nitrogen and oxygen atoms in total. The molecule has 0 saturated heterocycles. The van der Waals surface area contributed by atoms with Crippen molar-refractivity contribution in [1.29, 1.82) is 0 Å².